The van der Waals surface area contributed by atoms with Gasteiger partial charge in [0.15, 0.2) is 0 Å². The number of halogens is 1. The number of aryl methyl sites for hydroxylation is 1. The van der Waals surface area contributed by atoms with Gasteiger partial charge in [0.2, 0.25) is 0 Å². The van der Waals surface area contributed by atoms with Crippen molar-refractivity contribution in [2.24, 2.45) is 0 Å². The average Bonchev–Trinajstić information content (AvgIpc) is 2.84. The Bertz CT molecular complexity index is 1230. The number of benzene rings is 3. The number of rotatable bonds is 11. The van der Waals surface area contributed by atoms with Crippen LogP contribution < -0.4 is 9.62 Å². The largest absolute Gasteiger partial charge is 0.351 e. The number of thioether (sulfide) groups is 1. The molecule has 0 unspecified atom stereocenters. The van der Waals surface area contributed by atoms with Crippen molar-refractivity contribution >= 4 is 33.6 Å². The van der Waals surface area contributed by atoms with Crippen molar-refractivity contribution in [2.75, 3.05) is 30.7 Å². The summed E-state index contributed by atoms with van der Waals surface area (Å²) in [4.78, 5) is 12.5. The van der Waals surface area contributed by atoms with Gasteiger partial charge in [-0.3, -0.25) is 9.10 Å². The number of hydrogen-bond acceptors (Lipinski definition) is 4. The SMILES string of the molecule is Cc1ccc(CSCCNC(=O)c2ccc(CN(c3ccccc3F)S(=O)(=O)N(C)C)cc2)cc1. The highest BCUT2D eigenvalue weighted by atomic mass is 32.2. The predicted molar refractivity (Wildman–Crippen MR) is 141 cm³/mol. The van der Waals surface area contributed by atoms with Crippen molar-refractivity contribution in [3.63, 3.8) is 0 Å². The predicted octanol–water partition coefficient (Wildman–Crippen LogP) is 4.61. The van der Waals surface area contributed by atoms with Crippen LogP contribution >= 0.6 is 11.8 Å². The van der Waals surface area contributed by atoms with Crippen molar-refractivity contribution in [2.45, 2.75) is 19.2 Å². The molecule has 0 heterocycles. The summed E-state index contributed by atoms with van der Waals surface area (Å²) in [6.07, 6.45) is 0. The van der Waals surface area contributed by atoms with E-state index in [0.29, 0.717) is 17.7 Å². The van der Waals surface area contributed by atoms with Crippen molar-refractivity contribution in [3.05, 3.63) is 101 Å². The molecule has 0 saturated heterocycles. The summed E-state index contributed by atoms with van der Waals surface area (Å²) in [6, 6.07) is 20.8. The lowest BCUT2D eigenvalue weighted by atomic mass is 10.1. The van der Waals surface area contributed by atoms with Crippen LogP contribution in [0, 0.1) is 12.7 Å². The van der Waals surface area contributed by atoms with Gasteiger partial charge in [-0.15, -0.1) is 0 Å². The topological polar surface area (TPSA) is 69.7 Å². The Morgan fingerprint density at radius 1 is 0.943 bits per heavy atom. The smallest absolute Gasteiger partial charge is 0.303 e. The average molecular weight is 516 g/mol. The summed E-state index contributed by atoms with van der Waals surface area (Å²) in [5.74, 6) is 0.852. The van der Waals surface area contributed by atoms with Crippen LogP contribution in [0.3, 0.4) is 0 Å². The van der Waals surface area contributed by atoms with E-state index < -0.39 is 16.0 Å². The normalized spacial score (nSPS) is 11.5. The molecule has 35 heavy (non-hydrogen) atoms. The first-order valence-corrected chi connectivity index (χ1v) is 13.7. The van der Waals surface area contributed by atoms with Crippen molar-refractivity contribution in [3.8, 4) is 0 Å². The molecule has 0 atom stereocenters. The zero-order valence-corrected chi connectivity index (χ0v) is 21.7. The van der Waals surface area contributed by atoms with Gasteiger partial charge < -0.3 is 5.32 Å². The zero-order chi connectivity index (χ0) is 25.4. The van der Waals surface area contributed by atoms with Gasteiger partial charge in [-0.05, 0) is 42.3 Å². The monoisotopic (exact) mass is 515 g/mol. The highest BCUT2D eigenvalue weighted by Crippen LogP contribution is 2.25. The summed E-state index contributed by atoms with van der Waals surface area (Å²) >= 11 is 1.75. The lowest BCUT2D eigenvalue weighted by Gasteiger charge is -2.27. The highest BCUT2D eigenvalue weighted by molar-refractivity contribution is 7.98. The minimum absolute atomic E-state index is 0.0360. The minimum Gasteiger partial charge on any atom is -0.351 e. The van der Waals surface area contributed by atoms with Gasteiger partial charge in [-0.1, -0.05) is 54.1 Å². The fourth-order valence-corrected chi connectivity index (χ4v) is 5.20. The van der Waals surface area contributed by atoms with E-state index in [1.165, 1.54) is 43.4 Å². The van der Waals surface area contributed by atoms with E-state index in [2.05, 4.69) is 36.5 Å². The van der Waals surface area contributed by atoms with Crippen LogP contribution in [0.5, 0.6) is 0 Å². The summed E-state index contributed by atoms with van der Waals surface area (Å²) in [6.45, 7) is 2.53. The molecule has 186 valence electrons. The van der Waals surface area contributed by atoms with E-state index in [-0.39, 0.29) is 18.1 Å². The molecule has 0 aromatic heterocycles. The maximum atomic E-state index is 14.4. The van der Waals surface area contributed by atoms with Crippen LogP contribution in [0.4, 0.5) is 10.1 Å². The molecule has 0 aliphatic carbocycles. The van der Waals surface area contributed by atoms with Crippen LogP contribution in [0.1, 0.15) is 27.0 Å². The van der Waals surface area contributed by atoms with Gasteiger partial charge in [-0.2, -0.15) is 24.5 Å². The van der Waals surface area contributed by atoms with Gasteiger partial charge in [0.1, 0.15) is 5.82 Å². The van der Waals surface area contributed by atoms with E-state index in [1.54, 1.807) is 42.1 Å². The van der Waals surface area contributed by atoms with Gasteiger partial charge >= 0.3 is 10.2 Å². The van der Waals surface area contributed by atoms with Gasteiger partial charge in [0, 0.05) is 37.7 Å². The Morgan fingerprint density at radius 2 is 1.57 bits per heavy atom. The second-order valence-electron chi connectivity index (χ2n) is 8.24. The van der Waals surface area contributed by atoms with Gasteiger partial charge in [0.05, 0.1) is 12.2 Å². The number of carbonyl (C=O) groups is 1. The van der Waals surface area contributed by atoms with Crippen LogP contribution in [-0.2, 0) is 22.5 Å². The molecule has 1 N–H and O–H groups in total. The Hall–Kier alpha value is -2.88. The molecule has 0 aliphatic rings. The van der Waals surface area contributed by atoms with Gasteiger partial charge in [-0.25, -0.2) is 4.39 Å². The first-order chi connectivity index (χ1) is 16.7. The van der Waals surface area contributed by atoms with Crippen molar-refractivity contribution in [1.82, 2.24) is 9.62 Å². The zero-order valence-electron chi connectivity index (χ0n) is 20.1. The molecule has 3 aromatic carbocycles. The summed E-state index contributed by atoms with van der Waals surface area (Å²) in [7, 11) is -1.14. The van der Waals surface area contributed by atoms with Gasteiger partial charge in [0.25, 0.3) is 5.91 Å². The number of amides is 1. The first-order valence-electron chi connectivity index (χ1n) is 11.1. The molecule has 0 fully saturated rings. The Labute approximate surface area is 211 Å². The molecular weight excluding hydrogens is 485 g/mol. The Morgan fingerprint density at radius 3 is 2.20 bits per heavy atom. The fourth-order valence-electron chi connectivity index (χ4n) is 3.28. The van der Waals surface area contributed by atoms with Crippen molar-refractivity contribution in [1.29, 1.82) is 0 Å². The molecule has 0 spiro atoms. The Kier molecular flexibility index (Phi) is 9.31. The molecule has 0 bridgehead atoms. The summed E-state index contributed by atoms with van der Waals surface area (Å²) in [5.41, 5.74) is 3.56. The second kappa shape index (κ2) is 12.2. The number of carbonyl (C=O) groups excluding carboxylic acids is 1. The van der Waals surface area contributed by atoms with Crippen molar-refractivity contribution < 1.29 is 17.6 Å². The molecular formula is C26H30FN3O3S2. The molecule has 0 aliphatic heterocycles. The minimum atomic E-state index is -3.93. The third-order valence-corrected chi connectivity index (χ3v) is 8.16. The summed E-state index contributed by atoms with van der Waals surface area (Å²) in [5, 5.41) is 2.90. The third-order valence-electron chi connectivity index (χ3n) is 5.32. The number of anilines is 1. The molecule has 3 rings (SSSR count). The fraction of sp³-hybridized carbons (Fsp3) is 0.269. The molecule has 0 radical (unpaired) electrons. The maximum Gasteiger partial charge on any atom is 0.303 e. The molecule has 9 heteroatoms. The first kappa shape index (κ1) is 26.7. The summed E-state index contributed by atoms with van der Waals surface area (Å²) < 4.78 is 42.2. The van der Waals surface area contributed by atoms with E-state index in [4.69, 9.17) is 0 Å². The van der Waals surface area contributed by atoms with Crippen LogP contribution in [0.25, 0.3) is 0 Å². The molecule has 0 saturated carbocycles. The molecule has 3 aromatic rings. The van der Waals surface area contributed by atoms with E-state index in [1.807, 2.05) is 0 Å². The number of para-hydroxylation sites is 1. The van der Waals surface area contributed by atoms with Crippen LogP contribution in [0.2, 0.25) is 0 Å². The van der Waals surface area contributed by atoms with E-state index in [9.17, 15) is 17.6 Å². The molecule has 1 amide bonds. The lowest BCUT2D eigenvalue weighted by Crippen LogP contribution is -2.40. The lowest BCUT2D eigenvalue weighted by molar-refractivity contribution is 0.0956. The van der Waals surface area contributed by atoms with E-state index >= 15 is 0 Å². The quantitative estimate of drug-likeness (QED) is 0.379. The Balaban J connectivity index is 1.58. The highest BCUT2D eigenvalue weighted by Gasteiger charge is 2.27. The maximum absolute atomic E-state index is 14.4. The number of nitrogens with zero attached hydrogens (tertiary/aromatic N) is 2. The van der Waals surface area contributed by atoms with Crippen LogP contribution in [0.15, 0.2) is 72.8 Å². The number of nitrogens with one attached hydrogen (secondary N) is 1. The standard InChI is InChI=1S/C26H30FN3O3S2/c1-20-8-10-22(11-9-20)19-34-17-16-28-26(31)23-14-12-21(13-15-23)18-30(35(32,33)29(2)3)25-7-5-4-6-24(25)27/h4-15H,16-19H2,1-3H3,(H,28,31). The van der Waals surface area contributed by atoms with E-state index in [0.717, 1.165) is 20.1 Å². The van der Waals surface area contributed by atoms with Crippen LogP contribution in [-0.4, -0.2) is 45.0 Å². The molecule has 6 nitrogen and oxygen atoms in total. The second-order valence-corrected chi connectivity index (χ2v) is 11.4. The third kappa shape index (κ3) is 7.30. The number of hydrogen-bond donors (Lipinski definition) is 1.